The molecule has 0 bridgehead atoms. The van der Waals surface area contributed by atoms with Gasteiger partial charge in [0.25, 0.3) is 5.56 Å². The average Bonchev–Trinajstić information content (AvgIpc) is 2.83. The molecule has 0 aliphatic carbocycles. The zero-order chi connectivity index (χ0) is 25.8. The fourth-order valence-electron chi connectivity index (χ4n) is 3.59. The lowest BCUT2D eigenvalue weighted by Gasteiger charge is -2.29. The Kier molecular flexibility index (Phi) is 10.8. The van der Waals surface area contributed by atoms with Crippen LogP contribution in [0.5, 0.6) is 5.75 Å². The summed E-state index contributed by atoms with van der Waals surface area (Å²) in [5.41, 5.74) is 5.64. The molecule has 0 aliphatic heterocycles. The minimum Gasteiger partial charge on any atom is -0.494 e. The van der Waals surface area contributed by atoms with Crippen molar-refractivity contribution in [1.29, 1.82) is 5.26 Å². The summed E-state index contributed by atoms with van der Waals surface area (Å²) in [6.07, 6.45) is 1.66. The van der Waals surface area contributed by atoms with Crippen molar-refractivity contribution in [2.75, 3.05) is 55.5 Å². The molecule has 0 aliphatic rings. The summed E-state index contributed by atoms with van der Waals surface area (Å²) in [4.78, 5) is 43.8. The Hall–Kier alpha value is -3.78. The fraction of sp³-hybridized carbons (Fsp3) is 0.500. The number of methoxy groups -OCH3 is 1. The zero-order valence-corrected chi connectivity index (χ0v) is 20.6. The summed E-state index contributed by atoms with van der Waals surface area (Å²) in [5, 5.41) is 9.10. The molecule has 1 heterocycles. The van der Waals surface area contributed by atoms with Gasteiger partial charge >= 0.3 is 5.69 Å². The normalized spacial score (nSPS) is 10.6. The van der Waals surface area contributed by atoms with Gasteiger partial charge in [0.05, 0.1) is 32.2 Å². The highest BCUT2D eigenvalue weighted by atomic mass is 16.5. The van der Waals surface area contributed by atoms with E-state index >= 15 is 0 Å². The number of nitrogens with one attached hydrogen (secondary N) is 1. The molecule has 11 nitrogen and oxygen atoms in total. The van der Waals surface area contributed by atoms with Crippen molar-refractivity contribution < 1.29 is 14.3 Å². The van der Waals surface area contributed by atoms with Crippen LogP contribution in [0.3, 0.4) is 0 Å². The molecule has 190 valence electrons. The summed E-state index contributed by atoms with van der Waals surface area (Å²) in [6, 6.07) is 9.04. The van der Waals surface area contributed by atoms with Crippen molar-refractivity contribution in [3.05, 3.63) is 45.1 Å². The maximum Gasteiger partial charge on any atom is 0.330 e. The van der Waals surface area contributed by atoms with Gasteiger partial charge in [0.1, 0.15) is 17.3 Å². The van der Waals surface area contributed by atoms with Gasteiger partial charge < -0.3 is 25.0 Å². The molecule has 2 aromatic rings. The number of nitrogen functional groups attached to an aromatic ring is 1. The van der Waals surface area contributed by atoms with E-state index in [9.17, 15) is 14.4 Å². The minimum atomic E-state index is -0.672. The van der Waals surface area contributed by atoms with Crippen molar-refractivity contribution in [3.63, 3.8) is 0 Å². The van der Waals surface area contributed by atoms with Crippen LogP contribution in [0.4, 0.5) is 17.2 Å². The van der Waals surface area contributed by atoms with Gasteiger partial charge in [0.2, 0.25) is 5.91 Å². The van der Waals surface area contributed by atoms with Gasteiger partial charge in [-0.25, -0.2) is 4.79 Å². The van der Waals surface area contributed by atoms with Crippen LogP contribution in [-0.2, 0) is 16.1 Å². The van der Waals surface area contributed by atoms with E-state index in [4.69, 9.17) is 20.5 Å². The molecule has 11 heteroatoms. The molecule has 0 fully saturated rings. The molecule has 0 saturated heterocycles. The maximum absolute atomic E-state index is 13.4. The predicted molar refractivity (Wildman–Crippen MR) is 135 cm³/mol. The number of ether oxygens (including phenoxy) is 2. The molecule has 1 aromatic carbocycles. The smallest absolute Gasteiger partial charge is 0.330 e. The fourth-order valence-corrected chi connectivity index (χ4v) is 3.59. The largest absolute Gasteiger partial charge is 0.494 e. The molecule has 1 aromatic heterocycles. The molecular weight excluding hydrogens is 452 g/mol. The second-order valence-corrected chi connectivity index (χ2v) is 7.79. The number of carbonyl (C=O) groups excluding carboxylic acids is 1. The molecule has 3 N–H and O–H groups in total. The average molecular weight is 487 g/mol. The molecule has 0 atom stereocenters. The van der Waals surface area contributed by atoms with Gasteiger partial charge in [-0.1, -0.05) is 13.3 Å². The van der Waals surface area contributed by atoms with E-state index in [1.54, 1.807) is 24.3 Å². The second kappa shape index (κ2) is 13.8. The Morgan fingerprint density at radius 2 is 1.91 bits per heavy atom. The van der Waals surface area contributed by atoms with Crippen LogP contribution in [0.15, 0.2) is 33.9 Å². The SMILES string of the molecule is CCCCn1c(N)c(N(CCOC)CC(=O)N(CCC#N)c2ccc(OCC)cc2)c(=O)[nH]c1=O. The van der Waals surface area contributed by atoms with E-state index in [0.29, 0.717) is 31.0 Å². The number of hydrogen-bond acceptors (Lipinski definition) is 8. The number of carbonyl (C=O) groups is 1. The minimum absolute atomic E-state index is 0.000690. The Labute approximate surface area is 204 Å². The third-order valence-electron chi connectivity index (χ3n) is 5.36. The molecular formula is C24H34N6O5. The van der Waals surface area contributed by atoms with Crippen molar-refractivity contribution in [2.45, 2.75) is 39.7 Å². The van der Waals surface area contributed by atoms with Crippen molar-refractivity contribution in [1.82, 2.24) is 9.55 Å². The first kappa shape index (κ1) is 27.5. The number of benzene rings is 1. The van der Waals surface area contributed by atoms with Crippen LogP contribution in [0.2, 0.25) is 0 Å². The van der Waals surface area contributed by atoms with Crippen LogP contribution < -0.4 is 31.5 Å². The summed E-state index contributed by atoms with van der Waals surface area (Å²) < 4.78 is 12.0. The van der Waals surface area contributed by atoms with Crippen LogP contribution >= 0.6 is 0 Å². The Balaban J connectivity index is 2.42. The molecule has 35 heavy (non-hydrogen) atoms. The van der Waals surface area contributed by atoms with Gasteiger partial charge in [0.15, 0.2) is 0 Å². The highest BCUT2D eigenvalue weighted by Crippen LogP contribution is 2.22. The lowest BCUT2D eigenvalue weighted by Crippen LogP contribution is -2.45. The third kappa shape index (κ3) is 7.35. The molecule has 1 amide bonds. The van der Waals surface area contributed by atoms with E-state index in [-0.39, 0.29) is 50.1 Å². The zero-order valence-electron chi connectivity index (χ0n) is 20.6. The number of H-pyrrole nitrogens is 1. The monoisotopic (exact) mass is 486 g/mol. The van der Waals surface area contributed by atoms with E-state index in [2.05, 4.69) is 11.1 Å². The number of anilines is 3. The second-order valence-electron chi connectivity index (χ2n) is 7.79. The first-order valence-electron chi connectivity index (χ1n) is 11.6. The summed E-state index contributed by atoms with van der Waals surface area (Å²) in [6.45, 7) is 5.10. The Bertz CT molecular complexity index is 1120. The third-order valence-corrected chi connectivity index (χ3v) is 5.36. The number of nitriles is 1. The first-order chi connectivity index (χ1) is 16.9. The number of amides is 1. The molecule has 2 rings (SSSR count). The van der Waals surface area contributed by atoms with Crippen LogP contribution in [0, 0.1) is 11.3 Å². The topological polar surface area (TPSA) is 147 Å². The Morgan fingerprint density at radius 3 is 2.51 bits per heavy atom. The van der Waals surface area contributed by atoms with E-state index in [1.807, 2.05) is 13.8 Å². The van der Waals surface area contributed by atoms with Gasteiger partial charge in [-0.3, -0.25) is 19.1 Å². The van der Waals surface area contributed by atoms with Crippen molar-refractivity contribution >= 4 is 23.1 Å². The standard InChI is InChI=1S/C24H34N6O5/c1-4-6-13-30-22(26)21(23(32)27-24(30)33)28(15-16-34-3)17-20(31)29(14-7-12-25)18-8-10-19(11-9-18)35-5-2/h8-11H,4-7,13-17,26H2,1-3H3,(H,27,32,33). The lowest BCUT2D eigenvalue weighted by molar-refractivity contribution is -0.117. The Morgan fingerprint density at radius 1 is 1.20 bits per heavy atom. The van der Waals surface area contributed by atoms with Crippen LogP contribution in [-0.4, -0.2) is 55.4 Å². The lowest BCUT2D eigenvalue weighted by atomic mass is 10.2. The highest BCUT2D eigenvalue weighted by molar-refractivity contribution is 5.96. The molecule has 0 unspecified atom stereocenters. The van der Waals surface area contributed by atoms with E-state index in [1.165, 1.54) is 21.5 Å². The van der Waals surface area contributed by atoms with Crippen molar-refractivity contribution in [2.24, 2.45) is 0 Å². The van der Waals surface area contributed by atoms with E-state index < -0.39 is 11.2 Å². The summed E-state index contributed by atoms with van der Waals surface area (Å²) in [7, 11) is 1.51. The number of nitrogens with zero attached hydrogens (tertiary/aromatic N) is 4. The van der Waals surface area contributed by atoms with Crippen LogP contribution in [0.1, 0.15) is 33.1 Å². The number of hydrogen-bond donors (Lipinski definition) is 2. The number of unbranched alkanes of at least 4 members (excludes halogenated alkanes) is 1. The quantitative estimate of drug-likeness (QED) is 0.410. The van der Waals surface area contributed by atoms with Crippen molar-refractivity contribution in [3.8, 4) is 11.8 Å². The van der Waals surface area contributed by atoms with Gasteiger partial charge in [-0.15, -0.1) is 0 Å². The maximum atomic E-state index is 13.4. The molecule has 0 radical (unpaired) electrons. The number of nitrogens with two attached hydrogens (primary N) is 1. The molecule has 0 spiro atoms. The number of aromatic nitrogens is 2. The predicted octanol–water partition coefficient (Wildman–Crippen LogP) is 1.72. The summed E-state index contributed by atoms with van der Waals surface area (Å²) >= 11 is 0. The van der Waals surface area contributed by atoms with E-state index in [0.717, 1.165) is 6.42 Å². The van der Waals surface area contributed by atoms with Crippen LogP contribution in [0.25, 0.3) is 0 Å². The van der Waals surface area contributed by atoms with Gasteiger partial charge in [-0.05, 0) is 37.6 Å². The van der Waals surface area contributed by atoms with Gasteiger partial charge in [-0.2, -0.15) is 5.26 Å². The summed E-state index contributed by atoms with van der Waals surface area (Å²) in [5.74, 6) is 0.325. The first-order valence-corrected chi connectivity index (χ1v) is 11.6. The van der Waals surface area contributed by atoms with Gasteiger partial charge in [0, 0.05) is 32.4 Å². The number of rotatable bonds is 14. The molecule has 0 saturated carbocycles. The highest BCUT2D eigenvalue weighted by Gasteiger charge is 2.24. The number of aromatic amines is 1.